The number of Topliss-reactive ketones (excluding diaryl/α,β-unsaturated/α-hetero) is 1. The molecule has 2 heterocycles. The van der Waals surface area contributed by atoms with Crippen LogP contribution in [0.3, 0.4) is 0 Å². The van der Waals surface area contributed by atoms with Crippen LogP contribution in [0.15, 0.2) is 29.0 Å². The van der Waals surface area contributed by atoms with Crippen LogP contribution < -0.4 is 0 Å². The van der Waals surface area contributed by atoms with Crippen molar-refractivity contribution in [1.29, 1.82) is 0 Å². The number of hydrogen-bond donors (Lipinski definition) is 0. The Morgan fingerprint density at radius 2 is 2.11 bits per heavy atom. The molecule has 0 radical (unpaired) electrons. The molecule has 0 atom stereocenters. The van der Waals surface area contributed by atoms with Crippen LogP contribution in [0.25, 0.3) is 11.4 Å². The zero-order valence-corrected chi connectivity index (χ0v) is 13.7. The molecule has 0 N–H and O–H groups in total. The fourth-order valence-electron chi connectivity index (χ4n) is 2.09. The minimum absolute atomic E-state index is 0.00375. The highest BCUT2D eigenvalue weighted by Gasteiger charge is 2.38. The third kappa shape index (κ3) is 4.34. The first-order valence-corrected chi connectivity index (χ1v) is 7.40. The molecule has 3 rings (SSSR count). The van der Waals surface area contributed by atoms with E-state index in [1.165, 1.54) is 17.1 Å². The molecule has 0 unspecified atom stereocenters. The van der Waals surface area contributed by atoms with Crippen LogP contribution in [0.2, 0.25) is 0 Å². The lowest BCUT2D eigenvalue weighted by Crippen LogP contribution is -2.10. The molecule has 0 aliphatic carbocycles. The Balaban J connectivity index is 1.66. The Labute approximate surface area is 148 Å². The van der Waals surface area contributed by atoms with E-state index >= 15 is 0 Å². The summed E-state index contributed by atoms with van der Waals surface area (Å²) in [4.78, 5) is 19.1. The number of carbonyl (C=O) groups excluding carboxylic acids is 1. The number of benzene rings is 1. The summed E-state index contributed by atoms with van der Waals surface area (Å²) in [5.41, 5.74) is -0.353. The fraction of sp³-hybridized carbons (Fsp3) is 0.267. The maximum Gasteiger partial charge on any atom is 0.471 e. The second kappa shape index (κ2) is 7.23. The third-order valence-electron chi connectivity index (χ3n) is 3.31. The highest BCUT2D eigenvalue weighted by atomic mass is 19.4. The maximum absolute atomic E-state index is 14.2. The Hall–Kier alpha value is -3.15. The molecule has 0 spiro atoms. The van der Waals surface area contributed by atoms with Gasteiger partial charge in [0.15, 0.2) is 11.6 Å². The number of halogens is 4. The lowest BCUT2D eigenvalue weighted by Gasteiger charge is -2.04. The number of carbonyl (C=O) groups is 1. The number of ketones is 1. The number of aryl methyl sites for hydroxylation is 1. The molecule has 0 fully saturated rings. The van der Waals surface area contributed by atoms with Crippen LogP contribution in [-0.2, 0) is 24.6 Å². The van der Waals surface area contributed by atoms with E-state index in [1.807, 2.05) is 0 Å². The summed E-state index contributed by atoms with van der Waals surface area (Å²) in [7, 11) is 1.67. The van der Waals surface area contributed by atoms with Gasteiger partial charge in [0.05, 0.1) is 5.56 Å². The zero-order valence-electron chi connectivity index (χ0n) is 13.7. The van der Waals surface area contributed by atoms with E-state index in [4.69, 9.17) is 4.74 Å². The summed E-state index contributed by atoms with van der Waals surface area (Å²) in [6.07, 6.45) is -3.37. The molecule has 2 aromatic heterocycles. The summed E-state index contributed by atoms with van der Waals surface area (Å²) in [6, 6.07) is 3.18. The van der Waals surface area contributed by atoms with Crippen molar-refractivity contribution in [3.63, 3.8) is 0 Å². The molecule has 1 aromatic carbocycles. The van der Waals surface area contributed by atoms with Crippen molar-refractivity contribution in [2.75, 3.05) is 6.61 Å². The lowest BCUT2D eigenvalue weighted by molar-refractivity contribution is -0.159. The molecule has 0 saturated heterocycles. The summed E-state index contributed by atoms with van der Waals surface area (Å²) < 4.78 is 62.3. The van der Waals surface area contributed by atoms with Crippen molar-refractivity contribution in [3.8, 4) is 11.4 Å². The molecular weight excluding hydrogens is 374 g/mol. The number of nitrogens with zero attached hydrogens (tertiary/aromatic N) is 5. The minimum Gasteiger partial charge on any atom is -0.365 e. The van der Waals surface area contributed by atoms with Crippen LogP contribution in [0.5, 0.6) is 0 Å². The van der Waals surface area contributed by atoms with Gasteiger partial charge in [0.2, 0.25) is 5.82 Å². The van der Waals surface area contributed by atoms with E-state index in [2.05, 4.69) is 24.7 Å². The third-order valence-corrected chi connectivity index (χ3v) is 3.31. The number of ether oxygens (including phenoxy) is 1. The average molecular weight is 385 g/mol. The standard InChI is InChI=1S/C15H11F4N5O3/c1-24-7-20-12(22-24)6-26-5-11(25)8-2-3-9(10(16)4-8)13-21-14(27-23-13)15(17,18)19/h2-4,7H,5-6H2,1H3. The second-order valence-corrected chi connectivity index (χ2v) is 5.37. The molecule has 3 aromatic rings. The Bertz CT molecular complexity index is 967. The Kier molecular flexibility index (Phi) is 4.99. The molecule has 27 heavy (non-hydrogen) atoms. The van der Waals surface area contributed by atoms with Gasteiger partial charge in [-0.3, -0.25) is 9.48 Å². The first-order valence-electron chi connectivity index (χ1n) is 7.40. The van der Waals surface area contributed by atoms with Crippen LogP contribution >= 0.6 is 0 Å². The largest absolute Gasteiger partial charge is 0.471 e. The SMILES string of the molecule is Cn1cnc(COCC(=O)c2ccc(-c3noc(C(F)(F)F)n3)c(F)c2)n1. The van der Waals surface area contributed by atoms with Crippen molar-refractivity contribution in [2.45, 2.75) is 12.8 Å². The van der Waals surface area contributed by atoms with Crippen molar-refractivity contribution >= 4 is 5.78 Å². The number of hydrogen-bond acceptors (Lipinski definition) is 7. The maximum atomic E-state index is 14.2. The molecule has 12 heteroatoms. The van der Waals surface area contributed by atoms with Gasteiger partial charge < -0.3 is 9.26 Å². The summed E-state index contributed by atoms with van der Waals surface area (Å²) in [5.74, 6) is -3.28. The number of rotatable bonds is 6. The summed E-state index contributed by atoms with van der Waals surface area (Å²) in [5, 5.41) is 7.07. The van der Waals surface area contributed by atoms with Crippen molar-refractivity contribution < 1.29 is 31.6 Å². The molecule has 0 aliphatic rings. The molecule has 0 saturated carbocycles. The smallest absolute Gasteiger partial charge is 0.365 e. The number of aromatic nitrogens is 5. The van der Waals surface area contributed by atoms with E-state index in [1.54, 1.807) is 7.05 Å². The van der Waals surface area contributed by atoms with Gasteiger partial charge in [-0.25, -0.2) is 9.37 Å². The van der Waals surface area contributed by atoms with Crippen LogP contribution in [-0.4, -0.2) is 37.3 Å². The van der Waals surface area contributed by atoms with Crippen LogP contribution in [0, 0.1) is 5.82 Å². The molecular formula is C15H11F4N5O3. The van der Waals surface area contributed by atoms with E-state index in [-0.39, 0.29) is 24.3 Å². The van der Waals surface area contributed by atoms with Gasteiger partial charge in [0.1, 0.15) is 25.4 Å². The van der Waals surface area contributed by atoms with Crippen LogP contribution in [0.1, 0.15) is 22.1 Å². The van der Waals surface area contributed by atoms with Gasteiger partial charge in [-0.05, 0) is 12.1 Å². The first-order chi connectivity index (χ1) is 12.7. The fourth-order valence-corrected chi connectivity index (χ4v) is 2.09. The Morgan fingerprint density at radius 1 is 1.33 bits per heavy atom. The topological polar surface area (TPSA) is 95.9 Å². The quantitative estimate of drug-likeness (QED) is 0.475. The first kappa shape index (κ1) is 18.6. The van der Waals surface area contributed by atoms with E-state index < -0.39 is 29.5 Å². The molecule has 8 nitrogen and oxygen atoms in total. The highest BCUT2D eigenvalue weighted by molar-refractivity contribution is 5.97. The second-order valence-electron chi connectivity index (χ2n) is 5.37. The monoisotopic (exact) mass is 385 g/mol. The van der Waals surface area contributed by atoms with E-state index in [9.17, 15) is 22.4 Å². The minimum atomic E-state index is -4.84. The van der Waals surface area contributed by atoms with Gasteiger partial charge in [0.25, 0.3) is 0 Å². The molecule has 0 bridgehead atoms. The number of alkyl halides is 3. The summed E-state index contributed by atoms with van der Waals surface area (Å²) in [6.45, 7) is -0.353. The van der Waals surface area contributed by atoms with Gasteiger partial charge in [-0.2, -0.15) is 23.3 Å². The van der Waals surface area contributed by atoms with Gasteiger partial charge in [-0.1, -0.05) is 11.2 Å². The van der Waals surface area contributed by atoms with Gasteiger partial charge >= 0.3 is 12.1 Å². The van der Waals surface area contributed by atoms with Crippen LogP contribution in [0.4, 0.5) is 17.6 Å². The van der Waals surface area contributed by atoms with Crippen molar-refractivity contribution in [2.24, 2.45) is 7.05 Å². The van der Waals surface area contributed by atoms with Gasteiger partial charge in [-0.15, -0.1) is 0 Å². The van der Waals surface area contributed by atoms with E-state index in [0.717, 1.165) is 12.1 Å². The average Bonchev–Trinajstić information content (AvgIpc) is 3.23. The normalized spacial score (nSPS) is 11.7. The molecule has 0 amide bonds. The van der Waals surface area contributed by atoms with Crippen molar-refractivity contribution in [3.05, 3.63) is 47.6 Å². The Morgan fingerprint density at radius 3 is 2.70 bits per heavy atom. The zero-order chi connectivity index (χ0) is 19.6. The molecule has 0 aliphatic heterocycles. The van der Waals surface area contributed by atoms with Crippen molar-refractivity contribution in [1.82, 2.24) is 24.9 Å². The highest BCUT2D eigenvalue weighted by Crippen LogP contribution is 2.30. The summed E-state index contributed by atoms with van der Waals surface area (Å²) >= 11 is 0. The van der Waals surface area contributed by atoms with Gasteiger partial charge in [0, 0.05) is 12.6 Å². The predicted octanol–water partition coefficient (Wildman–Crippen LogP) is 2.42. The van der Waals surface area contributed by atoms with E-state index in [0.29, 0.717) is 5.82 Å². The molecule has 142 valence electrons. The predicted molar refractivity (Wildman–Crippen MR) is 79.7 cm³/mol. The lowest BCUT2D eigenvalue weighted by atomic mass is 10.1.